The topological polar surface area (TPSA) is 151 Å². The average molecular weight is 686 g/mol. The molecule has 240 valence electrons. The Kier molecular flexibility index (Phi) is 9.45. The maximum absolute atomic E-state index is 13.6. The van der Waals surface area contributed by atoms with Crippen LogP contribution in [0.1, 0.15) is 5.56 Å². The van der Waals surface area contributed by atoms with Crippen molar-refractivity contribution in [3.05, 3.63) is 66.2 Å². The highest BCUT2D eigenvalue weighted by molar-refractivity contribution is 8.14. The van der Waals surface area contributed by atoms with Crippen LogP contribution in [-0.4, -0.2) is 74.4 Å². The minimum Gasteiger partial charge on any atom is -0.744 e. The van der Waals surface area contributed by atoms with Gasteiger partial charge in [-0.2, -0.15) is 5.43 Å². The molecular weight excluding hydrogens is 660 g/mol. The molecule has 0 aromatic heterocycles. The van der Waals surface area contributed by atoms with E-state index in [1.165, 1.54) is 50.7 Å². The van der Waals surface area contributed by atoms with Crippen LogP contribution in [0.5, 0.6) is 28.7 Å². The monoisotopic (exact) mass is 685 g/mol. The number of hydrazine groups is 1. The maximum Gasteiger partial charge on any atom is 0.277 e. The van der Waals surface area contributed by atoms with Crippen molar-refractivity contribution < 1.29 is 50.9 Å². The molecule has 6 rings (SSSR count). The molecule has 1 atom stereocenters. The third kappa shape index (κ3) is 6.81. The molecule has 0 fully saturated rings. The van der Waals surface area contributed by atoms with Crippen LogP contribution in [0.25, 0.3) is 0 Å². The zero-order valence-corrected chi connectivity index (χ0v) is 26.2. The highest BCUT2D eigenvalue weighted by Gasteiger charge is 2.47. The third-order valence-electron chi connectivity index (χ3n) is 6.45. The summed E-state index contributed by atoms with van der Waals surface area (Å²) in [5.41, 5.74) is 2.92. The number of ether oxygens (including phenoxy) is 5. The van der Waals surface area contributed by atoms with Crippen molar-refractivity contribution >= 4 is 50.2 Å². The Morgan fingerprint density at radius 3 is 2.24 bits per heavy atom. The number of halogens is 3. The largest absolute Gasteiger partial charge is 0.744 e. The molecule has 0 bridgehead atoms. The van der Waals surface area contributed by atoms with Crippen LogP contribution in [-0.2, 0) is 10.1 Å². The van der Waals surface area contributed by atoms with Crippen LogP contribution in [0.3, 0.4) is 0 Å². The van der Waals surface area contributed by atoms with Gasteiger partial charge >= 0.3 is 0 Å². The van der Waals surface area contributed by atoms with Crippen molar-refractivity contribution in [1.29, 1.82) is 0 Å². The van der Waals surface area contributed by atoms with Crippen LogP contribution in [0, 0.1) is 0 Å². The number of benzene rings is 3. The predicted molar refractivity (Wildman–Crippen MR) is 160 cm³/mol. The number of hydrazone groups is 1. The summed E-state index contributed by atoms with van der Waals surface area (Å²) in [5.74, 6) is 2.85. The first-order valence-corrected chi connectivity index (χ1v) is 15.7. The number of rotatable bonds is 7. The van der Waals surface area contributed by atoms with Gasteiger partial charge in [0, 0.05) is 17.9 Å². The first-order valence-electron chi connectivity index (χ1n) is 12.9. The van der Waals surface area contributed by atoms with Gasteiger partial charge in [0.1, 0.15) is 10.1 Å². The van der Waals surface area contributed by atoms with Crippen molar-refractivity contribution in [1.82, 2.24) is 5.12 Å². The summed E-state index contributed by atoms with van der Waals surface area (Å²) in [7, 11) is 0.243. The maximum atomic E-state index is 13.6. The normalized spacial score (nSPS) is 18.8. The molecule has 1 unspecified atom stereocenters. The van der Waals surface area contributed by atoms with Crippen molar-refractivity contribution in [3.63, 3.8) is 0 Å². The third-order valence-corrected chi connectivity index (χ3v) is 8.96. The average Bonchev–Trinajstić information content (AvgIpc) is 3.79. The number of thioether (sulfide) groups is 1. The van der Waals surface area contributed by atoms with E-state index in [4.69, 9.17) is 40.4 Å². The molecule has 3 aliphatic heterocycles. The minimum atomic E-state index is -4.25. The van der Waals surface area contributed by atoms with Crippen LogP contribution in [0.15, 0.2) is 75.7 Å². The summed E-state index contributed by atoms with van der Waals surface area (Å²) in [6.45, 7) is 0.136. The number of hydrogen-bond donors (Lipinski definition) is 1. The van der Waals surface area contributed by atoms with E-state index in [-0.39, 0.29) is 22.6 Å². The molecule has 45 heavy (non-hydrogen) atoms. The van der Waals surface area contributed by atoms with Crippen LogP contribution < -0.4 is 34.2 Å². The van der Waals surface area contributed by atoms with Crippen molar-refractivity contribution in [2.75, 3.05) is 39.0 Å². The van der Waals surface area contributed by atoms with Crippen LogP contribution >= 0.6 is 23.4 Å². The van der Waals surface area contributed by atoms with E-state index in [1.54, 1.807) is 40.9 Å². The van der Waals surface area contributed by atoms with Crippen LogP contribution in [0.2, 0.25) is 0 Å². The van der Waals surface area contributed by atoms with E-state index in [1.807, 2.05) is 6.07 Å². The highest BCUT2D eigenvalue weighted by atomic mass is 35.5. The van der Waals surface area contributed by atoms with Crippen molar-refractivity contribution in [3.8, 4) is 28.7 Å². The number of amidine groups is 2. The zero-order valence-electron chi connectivity index (χ0n) is 23.8. The molecular formula is C27H26ClF2N5O8S2. The van der Waals surface area contributed by atoms with E-state index in [0.717, 1.165) is 17.3 Å². The Morgan fingerprint density at radius 1 is 1.02 bits per heavy atom. The lowest BCUT2D eigenvalue weighted by Crippen LogP contribution is -2.96. The van der Waals surface area contributed by atoms with Gasteiger partial charge in [0.25, 0.3) is 12.3 Å². The predicted octanol–water partition coefficient (Wildman–Crippen LogP) is 3.21. The summed E-state index contributed by atoms with van der Waals surface area (Å²) >= 11 is 7.19. The molecule has 0 saturated carbocycles. The lowest BCUT2D eigenvalue weighted by atomic mass is 10.2. The molecule has 13 nitrogen and oxygen atoms in total. The van der Waals surface area contributed by atoms with Gasteiger partial charge in [-0.25, -0.2) is 22.2 Å². The van der Waals surface area contributed by atoms with Gasteiger partial charge in [-0.1, -0.05) is 51.8 Å². The van der Waals surface area contributed by atoms with Crippen molar-refractivity contribution in [2.24, 2.45) is 10.1 Å². The van der Waals surface area contributed by atoms with Crippen LogP contribution in [0.4, 0.5) is 14.5 Å². The number of aliphatic imine (C=N–C) groups is 1. The van der Waals surface area contributed by atoms with E-state index in [0.29, 0.717) is 40.3 Å². The van der Waals surface area contributed by atoms with Gasteiger partial charge in [-0.3, -0.25) is 0 Å². The quantitative estimate of drug-likeness (QED) is 0.169. The summed E-state index contributed by atoms with van der Waals surface area (Å²) in [6.07, 6.45) is -2.83. The molecule has 2 N–H and O–H groups in total. The number of fused-ring (bicyclic) bond motifs is 1. The Morgan fingerprint density at radius 2 is 1.69 bits per heavy atom. The Bertz CT molecular complexity index is 1710. The summed E-state index contributed by atoms with van der Waals surface area (Å²) in [6, 6.07) is 16.0. The number of alkyl halides is 3. The van der Waals surface area contributed by atoms with E-state index in [9.17, 15) is 21.8 Å². The lowest BCUT2D eigenvalue weighted by molar-refractivity contribution is -0.678. The van der Waals surface area contributed by atoms with E-state index >= 15 is 0 Å². The molecule has 3 aliphatic rings. The molecule has 3 aromatic carbocycles. The first-order chi connectivity index (χ1) is 21.5. The smallest absolute Gasteiger partial charge is 0.277 e. The first kappa shape index (κ1) is 32.4. The fourth-order valence-electron chi connectivity index (χ4n) is 4.24. The molecule has 3 heterocycles. The number of nitrogens with zero attached hydrogens (tertiary/aromatic N) is 4. The number of quaternary nitrogens is 1. The second-order valence-corrected chi connectivity index (χ2v) is 12.2. The summed E-state index contributed by atoms with van der Waals surface area (Å²) in [4.78, 5) is 1.92. The Balaban J connectivity index is 0.000000342. The van der Waals surface area contributed by atoms with Crippen molar-refractivity contribution in [2.45, 2.75) is 16.3 Å². The summed E-state index contributed by atoms with van der Waals surface area (Å²) < 4.78 is 85.2. The Hall–Kier alpha value is -4.03. The SMILES string of the molecule is COc1cc(N2N=C(c3ccc4c(c3)OCO4)[NH2+]N2C2=NC(Cl)(C(F)F)CS2)cc(OC)c1OC.O=S(=O)([O-])c1ccccc1. The van der Waals surface area contributed by atoms with Gasteiger partial charge in [-0.05, 0) is 30.3 Å². The molecule has 0 aliphatic carbocycles. The second kappa shape index (κ2) is 13.1. The van der Waals surface area contributed by atoms with Gasteiger partial charge in [-0.15, -0.1) is 5.12 Å². The lowest BCUT2D eigenvalue weighted by Gasteiger charge is -2.24. The standard InChI is InChI=1S/C21H20ClF2N5O5S.C6H6O3S/c1-30-15-7-12(8-16(31-2)17(15)32-3)28-26-18(11-4-5-13-14(6-11)34-10-33-13)27-29(28)20-25-21(22,9-35-20)19(23)24;7-10(8,9)6-4-2-1-3-5-6/h4-8,19H,9-10H2,1-3H3,(H,26,27);1-5H,(H,7,8,9). The molecule has 18 heteroatoms. The fraction of sp³-hybridized carbons (Fsp3) is 0.259. The molecule has 3 aromatic rings. The fourth-order valence-corrected chi connectivity index (χ4v) is 6.04. The zero-order chi connectivity index (χ0) is 32.4. The Labute approximate surface area is 266 Å². The van der Waals surface area contributed by atoms with Gasteiger partial charge < -0.3 is 28.2 Å². The summed E-state index contributed by atoms with van der Waals surface area (Å²) in [5, 5.41) is 8.04. The molecule has 0 saturated heterocycles. The number of nitrogens with two attached hydrogens (primary N) is 1. The molecule has 0 amide bonds. The van der Waals surface area contributed by atoms with Gasteiger partial charge in [0.15, 0.2) is 23.0 Å². The van der Waals surface area contributed by atoms with Gasteiger partial charge in [0.2, 0.25) is 22.7 Å². The molecule has 0 radical (unpaired) electrons. The number of methoxy groups -OCH3 is 3. The number of anilines is 1. The minimum absolute atomic E-state index is 0.0889. The molecule has 0 spiro atoms. The highest BCUT2D eigenvalue weighted by Crippen LogP contribution is 2.43. The van der Waals surface area contributed by atoms with Gasteiger partial charge in [0.05, 0.1) is 37.5 Å². The van der Waals surface area contributed by atoms with E-state index in [2.05, 4.69) is 4.99 Å². The number of hydrogen-bond acceptors (Lipinski definition) is 13. The van der Waals surface area contributed by atoms with E-state index < -0.39 is 21.5 Å². The second-order valence-electron chi connectivity index (χ2n) is 9.27.